The highest BCUT2D eigenvalue weighted by atomic mass is 16.5. The van der Waals surface area contributed by atoms with Gasteiger partial charge in [-0.25, -0.2) is 0 Å². The summed E-state index contributed by atoms with van der Waals surface area (Å²) >= 11 is 0. The van der Waals surface area contributed by atoms with Crippen molar-refractivity contribution in [2.24, 2.45) is 0 Å². The SMILES string of the molecule is CC.Cc1onc2c(CCO)cccc12. The van der Waals surface area contributed by atoms with E-state index in [1.807, 2.05) is 39.0 Å². The maximum Gasteiger partial charge on any atom is 0.141 e. The number of benzene rings is 1. The van der Waals surface area contributed by atoms with Gasteiger partial charge in [-0.3, -0.25) is 0 Å². The molecule has 3 nitrogen and oxygen atoms in total. The van der Waals surface area contributed by atoms with Gasteiger partial charge in [-0.05, 0) is 25.0 Å². The first-order valence-electron chi connectivity index (χ1n) is 5.27. The molecule has 0 spiro atoms. The Morgan fingerprint density at radius 2 is 2.07 bits per heavy atom. The zero-order valence-corrected chi connectivity index (χ0v) is 9.45. The summed E-state index contributed by atoms with van der Waals surface area (Å²) in [5.41, 5.74) is 1.91. The maximum absolute atomic E-state index is 8.83. The number of fused-ring (bicyclic) bond motifs is 1. The van der Waals surface area contributed by atoms with Crippen molar-refractivity contribution >= 4 is 10.9 Å². The van der Waals surface area contributed by atoms with Crippen LogP contribution in [0.2, 0.25) is 0 Å². The van der Waals surface area contributed by atoms with Gasteiger partial charge in [-0.1, -0.05) is 31.1 Å². The number of aryl methyl sites for hydroxylation is 1. The van der Waals surface area contributed by atoms with Gasteiger partial charge in [0.05, 0.1) is 0 Å². The van der Waals surface area contributed by atoms with E-state index in [1.165, 1.54) is 0 Å². The van der Waals surface area contributed by atoms with Gasteiger partial charge in [0.2, 0.25) is 0 Å². The van der Waals surface area contributed by atoms with Crippen molar-refractivity contribution in [1.82, 2.24) is 5.16 Å². The van der Waals surface area contributed by atoms with Gasteiger partial charge >= 0.3 is 0 Å². The molecule has 0 bridgehead atoms. The molecule has 2 aromatic rings. The first-order chi connectivity index (χ1) is 7.33. The van der Waals surface area contributed by atoms with Gasteiger partial charge < -0.3 is 9.63 Å². The number of aliphatic hydroxyl groups is 1. The van der Waals surface area contributed by atoms with Crippen LogP contribution in [0.4, 0.5) is 0 Å². The van der Waals surface area contributed by atoms with Crippen LogP contribution in [-0.2, 0) is 6.42 Å². The van der Waals surface area contributed by atoms with Crippen LogP contribution in [0.3, 0.4) is 0 Å². The molecule has 0 aliphatic rings. The highest BCUT2D eigenvalue weighted by Gasteiger charge is 2.07. The molecular weight excluding hydrogens is 190 g/mol. The Balaban J connectivity index is 0.000000531. The molecule has 0 unspecified atom stereocenters. The summed E-state index contributed by atoms with van der Waals surface area (Å²) in [6.45, 7) is 6.03. The second kappa shape index (κ2) is 5.51. The second-order valence-corrected chi connectivity index (χ2v) is 3.03. The normalized spacial score (nSPS) is 9.87. The highest BCUT2D eigenvalue weighted by Crippen LogP contribution is 2.20. The van der Waals surface area contributed by atoms with Crippen molar-refractivity contribution in [2.45, 2.75) is 27.2 Å². The van der Waals surface area contributed by atoms with E-state index in [4.69, 9.17) is 9.63 Å². The quantitative estimate of drug-likeness (QED) is 0.823. The van der Waals surface area contributed by atoms with E-state index in [1.54, 1.807) is 0 Å². The molecule has 1 heterocycles. The van der Waals surface area contributed by atoms with Crippen LogP contribution in [0, 0.1) is 6.92 Å². The van der Waals surface area contributed by atoms with Crippen molar-refractivity contribution in [2.75, 3.05) is 6.61 Å². The van der Waals surface area contributed by atoms with Crippen molar-refractivity contribution in [1.29, 1.82) is 0 Å². The first kappa shape index (κ1) is 11.7. The fourth-order valence-corrected chi connectivity index (χ4v) is 1.47. The number of rotatable bonds is 2. The third-order valence-corrected chi connectivity index (χ3v) is 2.15. The van der Waals surface area contributed by atoms with Crippen molar-refractivity contribution in [3.63, 3.8) is 0 Å². The number of nitrogens with zero attached hydrogens (tertiary/aromatic N) is 1. The standard InChI is InChI=1S/C10H11NO2.C2H6/c1-7-9-4-2-3-8(5-6-12)10(9)11-13-7;1-2/h2-4,12H,5-6H2,1H3;1-2H3. The zero-order valence-electron chi connectivity index (χ0n) is 9.45. The van der Waals surface area contributed by atoms with Gasteiger partial charge in [0.15, 0.2) is 0 Å². The minimum Gasteiger partial charge on any atom is -0.396 e. The van der Waals surface area contributed by atoms with Crippen LogP contribution in [0.15, 0.2) is 22.7 Å². The Morgan fingerprint density at radius 1 is 1.33 bits per heavy atom. The summed E-state index contributed by atoms with van der Waals surface area (Å²) in [6.07, 6.45) is 0.628. The molecule has 1 aromatic carbocycles. The molecule has 0 saturated carbocycles. The second-order valence-electron chi connectivity index (χ2n) is 3.03. The molecule has 0 aliphatic carbocycles. The average molecular weight is 207 g/mol. The number of aromatic nitrogens is 1. The summed E-state index contributed by atoms with van der Waals surface area (Å²) < 4.78 is 5.07. The Hall–Kier alpha value is -1.35. The average Bonchev–Trinajstić information content (AvgIpc) is 2.66. The lowest BCUT2D eigenvalue weighted by Crippen LogP contribution is -1.91. The van der Waals surface area contributed by atoms with E-state index in [0.717, 1.165) is 22.2 Å². The third-order valence-electron chi connectivity index (χ3n) is 2.15. The summed E-state index contributed by atoms with van der Waals surface area (Å²) in [5, 5.41) is 13.8. The van der Waals surface area contributed by atoms with Gasteiger partial charge in [-0.2, -0.15) is 0 Å². The predicted molar refractivity (Wildman–Crippen MR) is 60.9 cm³/mol. The van der Waals surface area contributed by atoms with Crippen molar-refractivity contribution in [3.8, 4) is 0 Å². The van der Waals surface area contributed by atoms with Gasteiger partial charge in [-0.15, -0.1) is 0 Å². The molecule has 0 radical (unpaired) electrons. The van der Waals surface area contributed by atoms with E-state index in [0.29, 0.717) is 6.42 Å². The minimum absolute atomic E-state index is 0.144. The first-order valence-corrected chi connectivity index (χ1v) is 5.27. The van der Waals surface area contributed by atoms with E-state index in [2.05, 4.69) is 5.16 Å². The number of hydrogen-bond acceptors (Lipinski definition) is 3. The lowest BCUT2D eigenvalue weighted by molar-refractivity contribution is 0.300. The Labute approximate surface area is 89.7 Å². The Bertz CT molecular complexity index is 420. The topological polar surface area (TPSA) is 46.3 Å². The lowest BCUT2D eigenvalue weighted by Gasteiger charge is -1.97. The summed E-state index contributed by atoms with van der Waals surface area (Å²) in [4.78, 5) is 0. The molecule has 0 fully saturated rings. The third kappa shape index (κ3) is 2.36. The van der Waals surface area contributed by atoms with Crippen LogP contribution < -0.4 is 0 Å². The Morgan fingerprint density at radius 3 is 2.73 bits per heavy atom. The van der Waals surface area contributed by atoms with Crippen LogP contribution >= 0.6 is 0 Å². The minimum atomic E-state index is 0.144. The van der Waals surface area contributed by atoms with Gasteiger partial charge in [0, 0.05) is 12.0 Å². The van der Waals surface area contributed by atoms with Crippen molar-refractivity contribution in [3.05, 3.63) is 29.5 Å². The molecule has 1 aromatic heterocycles. The smallest absolute Gasteiger partial charge is 0.141 e. The highest BCUT2D eigenvalue weighted by molar-refractivity contribution is 5.83. The molecule has 1 N–H and O–H groups in total. The zero-order chi connectivity index (χ0) is 11.3. The fourth-order valence-electron chi connectivity index (χ4n) is 1.47. The van der Waals surface area contributed by atoms with Crippen LogP contribution in [0.25, 0.3) is 10.9 Å². The molecule has 15 heavy (non-hydrogen) atoms. The largest absolute Gasteiger partial charge is 0.396 e. The van der Waals surface area contributed by atoms with E-state index in [-0.39, 0.29) is 6.61 Å². The monoisotopic (exact) mass is 207 g/mol. The predicted octanol–water partition coefficient (Wildman–Crippen LogP) is 2.70. The van der Waals surface area contributed by atoms with Crippen LogP contribution in [0.1, 0.15) is 25.2 Å². The Kier molecular flexibility index (Phi) is 4.31. The molecule has 0 saturated heterocycles. The molecule has 2 rings (SSSR count). The molecule has 0 aliphatic heterocycles. The van der Waals surface area contributed by atoms with E-state index >= 15 is 0 Å². The van der Waals surface area contributed by atoms with Gasteiger partial charge in [0.1, 0.15) is 11.3 Å². The molecule has 0 amide bonds. The lowest BCUT2D eigenvalue weighted by atomic mass is 10.1. The number of aliphatic hydroxyl groups excluding tert-OH is 1. The van der Waals surface area contributed by atoms with E-state index < -0.39 is 0 Å². The van der Waals surface area contributed by atoms with E-state index in [9.17, 15) is 0 Å². The van der Waals surface area contributed by atoms with Gasteiger partial charge in [0.25, 0.3) is 0 Å². The number of hydrogen-bond donors (Lipinski definition) is 1. The fraction of sp³-hybridized carbons (Fsp3) is 0.417. The molecular formula is C12H17NO2. The van der Waals surface area contributed by atoms with Crippen molar-refractivity contribution < 1.29 is 9.63 Å². The molecule has 82 valence electrons. The van der Waals surface area contributed by atoms with Crippen LogP contribution in [-0.4, -0.2) is 16.9 Å². The molecule has 0 atom stereocenters. The van der Waals surface area contributed by atoms with Crippen LogP contribution in [0.5, 0.6) is 0 Å². The summed E-state index contributed by atoms with van der Waals surface area (Å²) in [5.74, 6) is 0.829. The maximum atomic E-state index is 8.83. The molecule has 3 heteroatoms. The summed E-state index contributed by atoms with van der Waals surface area (Å²) in [7, 11) is 0. The summed E-state index contributed by atoms with van der Waals surface area (Å²) in [6, 6.07) is 5.89.